The summed E-state index contributed by atoms with van der Waals surface area (Å²) in [6, 6.07) is 2.11. The summed E-state index contributed by atoms with van der Waals surface area (Å²) in [6.45, 7) is 5.15. The summed E-state index contributed by atoms with van der Waals surface area (Å²) in [5.41, 5.74) is 2.27. The molecule has 1 N–H and O–H groups in total. The summed E-state index contributed by atoms with van der Waals surface area (Å²) < 4.78 is 0. The smallest absolute Gasteiger partial charge is 0.136 e. The van der Waals surface area contributed by atoms with Gasteiger partial charge in [-0.3, -0.25) is 0 Å². The van der Waals surface area contributed by atoms with Crippen LogP contribution >= 0.6 is 11.3 Å². The molecule has 0 saturated heterocycles. The van der Waals surface area contributed by atoms with Crippen molar-refractivity contribution in [1.82, 2.24) is 15.0 Å². The highest BCUT2D eigenvalue weighted by Crippen LogP contribution is 2.39. The van der Waals surface area contributed by atoms with E-state index in [4.69, 9.17) is 4.98 Å². The summed E-state index contributed by atoms with van der Waals surface area (Å²) >= 11 is 1.68. The molecule has 5 heteroatoms. The zero-order chi connectivity index (χ0) is 13.9. The SMILES string of the molecule is CCCNc1cc(C2CC2)nc(Cc2csc(C)n2)n1. The normalized spacial score (nSPS) is 14.5. The Morgan fingerprint density at radius 3 is 2.80 bits per heavy atom. The molecule has 0 aliphatic heterocycles. The summed E-state index contributed by atoms with van der Waals surface area (Å²) in [6.07, 6.45) is 4.36. The van der Waals surface area contributed by atoms with Gasteiger partial charge >= 0.3 is 0 Å². The topological polar surface area (TPSA) is 50.7 Å². The van der Waals surface area contributed by atoms with Crippen molar-refractivity contribution in [2.75, 3.05) is 11.9 Å². The first-order chi connectivity index (χ1) is 9.74. The lowest BCUT2D eigenvalue weighted by Gasteiger charge is -2.08. The maximum atomic E-state index is 4.72. The predicted octanol–water partition coefficient (Wildman–Crippen LogP) is 3.53. The lowest BCUT2D eigenvalue weighted by atomic mass is 10.2. The average molecular weight is 288 g/mol. The van der Waals surface area contributed by atoms with Crippen LogP contribution in [-0.2, 0) is 6.42 Å². The van der Waals surface area contributed by atoms with Crippen molar-refractivity contribution in [2.45, 2.75) is 45.4 Å². The third-order valence-electron chi connectivity index (χ3n) is 3.35. The molecule has 4 nitrogen and oxygen atoms in total. The van der Waals surface area contributed by atoms with Gasteiger partial charge < -0.3 is 5.32 Å². The number of anilines is 1. The number of thiazole rings is 1. The molecule has 2 heterocycles. The molecular weight excluding hydrogens is 268 g/mol. The number of hydrogen-bond donors (Lipinski definition) is 1. The van der Waals surface area contributed by atoms with E-state index in [0.717, 1.165) is 41.7 Å². The average Bonchev–Trinajstić information content (AvgIpc) is 3.21. The summed E-state index contributed by atoms with van der Waals surface area (Å²) in [5.74, 6) is 2.50. The third kappa shape index (κ3) is 3.33. The van der Waals surface area contributed by atoms with Crippen LogP contribution in [0, 0.1) is 6.92 Å². The first kappa shape index (κ1) is 13.5. The Balaban J connectivity index is 1.82. The van der Waals surface area contributed by atoms with Crippen LogP contribution in [0.2, 0.25) is 0 Å². The van der Waals surface area contributed by atoms with E-state index in [9.17, 15) is 0 Å². The second-order valence-corrected chi connectivity index (χ2v) is 6.39. The fourth-order valence-corrected chi connectivity index (χ4v) is 2.79. The van der Waals surface area contributed by atoms with Crippen molar-refractivity contribution < 1.29 is 0 Å². The van der Waals surface area contributed by atoms with E-state index in [-0.39, 0.29) is 0 Å². The summed E-state index contributed by atoms with van der Waals surface area (Å²) in [4.78, 5) is 13.9. The van der Waals surface area contributed by atoms with Crippen molar-refractivity contribution in [3.05, 3.63) is 33.7 Å². The molecule has 0 spiro atoms. The zero-order valence-electron chi connectivity index (χ0n) is 12.0. The Bertz CT molecular complexity index is 589. The Morgan fingerprint density at radius 2 is 2.15 bits per heavy atom. The molecule has 0 unspecified atom stereocenters. The van der Waals surface area contributed by atoms with E-state index in [2.05, 4.69) is 33.7 Å². The molecule has 0 bridgehead atoms. The minimum Gasteiger partial charge on any atom is -0.370 e. The highest BCUT2D eigenvalue weighted by atomic mass is 32.1. The quantitative estimate of drug-likeness (QED) is 0.883. The van der Waals surface area contributed by atoms with Gasteiger partial charge in [0, 0.05) is 29.6 Å². The van der Waals surface area contributed by atoms with Crippen LogP contribution in [0.25, 0.3) is 0 Å². The third-order valence-corrected chi connectivity index (χ3v) is 4.17. The molecule has 0 amide bonds. The van der Waals surface area contributed by atoms with Crippen molar-refractivity contribution in [3.8, 4) is 0 Å². The molecule has 0 radical (unpaired) electrons. The molecule has 3 rings (SSSR count). The second-order valence-electron chi connectivity index (χ2n) is 5.33. The Kier molecular flexibility index (Phi) is 3.96. The number of aromatic nitrogens is 3. The molecule has 2 aromatic heterocycles. The Morgan fingerprint density at radius 1 is 1.30 bits per heavy atom. The molecule has 0 atom stereocenters. The number of rotatable bonds is 6. The van der Waals surface area contributed by atoms with Crippen LogP contribution in [0.15, 0.2) is 11.4 Å². The second kappa shape index (κ2) is 5.87. The fourth-order valence-electron chi connectivity index (χ4n) is 2.18. The van der Waals surface area contributed by atoms with Gasteiger partial charge in [-0.25, -0.2) is 15.0 Å². The zero-order valence-corrected chi connectivity index (χ0v) is 12.8. The highest BCUT2D eigenvalue weighted by molar-refractivity contribution is 7.09. The lowest BCUT2D eigenvalue weighted by Crippen LogP contribution is -2.07. The molecule has 1 fully saturated rings. The van der Waals surface area contributed by atoms with Gasteiger partial charge in [-0.15, -0.1) is 11.3 Å². The van der Waals surface area contributed by atoms with Crippen LogP contribution in [-0.4, -0.2) is 21.5 Å². The van der Waals surface area contributed by atoms with E-state index in [1.807, 2.05) is 6.92 Å². The van der Waals surface area contributed by atoms with Crippen LogP contribution in [0.4, 0.5) is 5.82 Å². The largest absolute Gasteiger partial charge is 0.370 e. The monoisotopic (exact) mass is 288 g/mol. The molecule has 1 aliphatic carbocycles. The minimum atomic E-state index is 0.649. The van der Waals surface area contributed by atoms with E-state index in [0.29, 0.717) is 5.92 Å². The molecule has 1 aliphatic rings. The molecule has 1 saturated carbocycles. The standard InChI is InChI=1S/C15H20N4S/c1-3-6-16-14-8-13(11-4-5-11)18-15(19-14)7-12-9-20-10(2)17-12/h8-9,11H,3-7H2,1-2H3,(H,16,18,19). The van der Waals surface area contributed by atoms with E-state index in [1.54, 1.807) is 11.3 Å². The van der Waals surface area contributed by atoms with Gasteiger partial charge in [-0.2, -0.15) is 0 Å². The summed E-state index contributed by atoms with van der Waals surface area (Å²) in [7, 11) is 0. The number of aryl methyl sites for hydroxylation is 1. The highest BCUT2D eigenvalue weighted by Gasteiger charge is 2.26. The maximum Gasteiger partial charge on any atom is 0.136 e. The predicted molar refractivity (Wildman–Crippen MR) is 82.4 cm³/mol. The Hall–Kier alpha value is -1.49. The molecule has 20 heavy (non-hydrogen) atoms. The maximum absolute atomic E-state index is 4.72. The molecule has 0 aromatic carbocycles. The van der Waals surface area contributed by atoms with Crippen molar-refractivity contribution >= 4 is 17.2 Å². The Labute approximate surface area is 123 Å². The van der Waals surface area contributed by atoms with Crippen molar-refractivity contribution in [1.29, 1.82) is 0 Å². The van der Waals surface area contributed by atoms with Gasteiger partial charge in [0.1, 0.15) is 11.6 Å². The van der Waals surface area contributed by atoms with Crippen molar-refractivity contribution in [2.24, 2.45) is 0 Å². The van der Waals surface area contributed by atoms with E-state index < -0.39 is 0 Å². The fraction of sp³-hybridized carbons (Fsp3) is 0.533. The number of nitrogens with one attached hydrogen (secondary N) is 1. The minimum absolute atomic E-state index is 0.649. The first-order valence-electron chi connectivity index (χ1n) is 7.27. The van der Waals surface area contributed by atoms with Gasteiger partial charge in [0.05, 0.1) is 17.1 Å². The lowest BCUT2D eigenvalue weighted by molar-refractivity contribution is 0.877. The van der Waals surface area contributed by atoms with Gasteiger partial charge in [-0.1, -0.05) is 6.92 Å². The van der Waals surface area contributed by atoms with Gasteiger partial charge in [-0.05, 0) is 26.2 Å². The number of nitrogens with zero attached hydrogens (tertiary/aromatic N) is 3. The van der Waals surface area contributed by atoms with Gasteiger partial charge in [0.25, 0.3) is 0 Å². The molecule has 2 aromatic rings. The van der Waals surface area contributed by atoms with E-state index >= 15 is 0 Å². The van der Waals surface area contributed by atoms with Gasteiger partial charge in [0.2, 0.25) is 0 Å². The van der Waals surface area contributed by atoms with Crippen molar-refractivity contribution in [3.63, 3.8) is 0 Å². The summed E-state index contributed by atoms with van der Waals surface area (Å²) in [5, 5.41) is 6.58. The van der Waals surface area contributed by atoms with Crippen LogP contribution in [0.3, 0.4) is 0 Å². The van der Waals surface area contributed by atoms with E-state index in [1.165, 1.54) is 18.5 Å². The van der Waals surface area contributed by atoms with Gasteiger partial charge in [0.15, 0.2) is 0 Å². The molecular formula is C15H20N4S. The molecule has 106 valence electrons. The van der Waals surface area contributed by atoms with Crippen LogP contribution in [0.5, 0.6) is 0 Å². The number of hydrogen-bond acceptors (Lipinski definition) is 5. The van der Waals surface area contributed by atoms with Crippen LogP contribution < -0.4 is 5.32 Å². The van der Waals surface area contributed by atoms with Crippen LogP contribution in [0.1, 0.15) is 54.3 Å². The first-order valence-corrected chi connectivity index (χ1v) is 8.15.